The zero-order chi connectivity index (χ0) is 29.3. The molecule has 0 aliphatic carbocycles. The van der Waals surface area contributed by atoms with Crippen LogP contribution in [0.2, 0.25) is 15.1 Å². The first kappa shape index (κ1) is 31.7. The van der Waals surface area contributed by atoms with Gasteiger partial charge in [-0.3, -0.25) is 13.9 Å². The van der Waals surface area contributed by atoms with E-state index in [0.717, 1.165) is 29.0 Å². The van der Waals surface area contributed by atoms with E-state index in [0.29, 0.717) is 22.2 Å². The van der Waals surface area contributed by atoms with Crippen LogP contribution in [-0.4, -0.2) is 50.5 Å². The lowest BCUT2D eigenvalue weighted by Gasteiger charge is -2.34. The third kappa shape index (κ3) is 8.86. The highest BCUT2D eigenvalue weighted by Crippen LogP contribution is 2.31. The van der Waals surface area contributed by atoms with Crippen molar-refractivity contribution in [3.8, 4) is 0 Å². The third-order valence-corrected chi connectivity index (χ3v) is 8.29. The van der Waals surface area contributed by atoms with Gasteiger partial charge in [0.05, 0.1) is 17.0 Å². The Labute approximate surface area is 251 Å². The van der Waals surface area contributed by atoms with Gasteiger partial charge in [-0.15, -0.1) is 0 Å². The summed E-state index contributed by atoms with van der Waals surface area (Å²) < 4.78 is 26.7. The molecule has 0 spiro atoms. The first-order chi connectivity index (χ1) is 19.0. The van der Waals surface area contributed by atoms with Gasteiger partial charge >= 0.3 is 0 Å². The molecule has 1 N–H and O–H groups in total. The molecule has 7 nitrogen and oxygen atoms in total. The lowest BCUT2D eigenvalue weighted by Crippen LogP contribution is -2.53. The normalized spacial score (nSPS) is 12.0. The zero-order valence-corrected chi connectivity index (χ0v) is 25.4. The quantitative estimate of drug-likeness (QED) is 0.238. The molecule has 0 aliphatic rings. The third-order valence-electron chi connectivity index (χ3n) is 6.26. The van der Waals surface area contributed by atoms with Crippen molar-refractivity contribution in [2.45, 2.75) is 38.8 Å². The fraction of sp³-hybridized carbons (Fsp3) is 0.310. The Morgan fingerprint density at radius 3 is 2.23 bits per heavy atom. The van der Waals surface area contributed by atoms with Crippen molar-refractivity contribution in [3.63, 3.8) is 0 Å². The second-order valence-electron chi connectivity index (χ2n) is 9.33. The maximum atomic E-state index is 14.1. The van der Waals surface area contributed by atoms with Crippen LogP contribution in [0.3, 0.4) is 0 Å². The predicted octanol–water partition coefficient (Wildman–Crippen LogP) is 5.97. The van der Waals surface area contributed by atoms with Crippen molar-refractivity contribution in [2.75, 3.05) is 23.7 Å². The van der Waals surface area contributed by atoms with Gasteiger partial charge in [0.25, 0.3) is 0 Å². The number of amides is 2. The standard InChI is InChI=1S/C29H32Cl3N3O4S/c1-3-4-16-33-29(37)27(17-21-10-6-5-7-11-21)34(19-22-12-8-9-13-24(22)31)28(36)20-35(40(2,38)39)26-15-14-23(30)18-25(26)32/h5-15,18,27H,3-4,16-17,19-20H2,1-2H3,(H,33,37)/t27-/m0/s1. The van der Waals surface area contributed by atoms with Crippen LogP contribution >= 0.6 is 34.8 Å². The number of carbonyl (C=O) groups excluding carboxylic acids is 2. The molecule has 0 bridgehead atoms. The van der Waals surface area contributed by atoms with Crippen LogP contribution in [0.25, 0.3) is 0 Å². The molecule has 0 heterocycles. The Kier molecular flexibility index (Phi) is 11.7. The summed E-state index contributed by atoms with van der Waals surface area (Å²) in [4.78, 5) is 29.0. The highest BCUT2D eigenvalue weighted by atomic mass is 35.5. The van der Waals surface area contributed by atoms with Crippen molar-refractivity contribution in [1.29, 1.82) is 0 Å². The van der Waals surface area contributed by atoms with Gasteiger partial charge in [0.15, 0.2) is 0 Å². The second kappa shape index (κ2) is 14.7. The van der Waals surface area contributed by atoms with Crippen LogP contribution in [0.5, 0.6) is 0 Å². The highest BCUT2D eigenvalue weighted by Gasteiger charge is 2.33. The predicted molar refractivity (Wildman–Crippen MR) is 163 cm³/mol. The molecule has 0 aliphatic heterocycles. The molecule has 1 atom stereocenters. The smallest absolute Gasteiger partial charge is 0.244 e. The molecule has 0 radical (unpaired) electrons. The van der Waals surface area contributed by atoms with Crippen molar-refractivity contribution >= 4 is 62.3 Å². The number of unbranched alkanes of at least 4 members (excludes halogenated alkanes) is 1. The maximum Gasteiger partial charge on any atom is 0.244 e. The summed E-state index contributed by atoms with van der Waals surface area (Å²) in [5, 5.41) is 3.75. The number of anilines is 1. The first-order valence-electron chi connectivity index (χ1n) is 12.8. The summed E-state index contributed by atoms with van der Waals surface area (Å²) in [7, 11) is -3.95. The second-order valence-corrected chi connectivity index (χ2v) is 12.5. The van der Waals surface area contributed by atoms with Crippen molar-refractivity contribution in [3.05, 3.63) is 99.0 Å². The van der Waals surface area contributed by atoms with Crippen LogP contribution in [0.1, 0.15) is 30.9 Å². The van der Waals surface area contributed by atoms with E-state index >= 15 is 0 Å². The van der Waals surface area contributed by atoms with E-state index in [9.17, 15) is 18.0 Å². The number of nitrogens with zero attached hydrogens (tertiary/aromatic N) is 2. The summed E-state index contributed by atoms with van der Waals surface area (Å²) >= 11 is 18.8. The van der Waals surface area contributed by atoms with E-state index < -0.39 is 28.5 Å². The molecule has 2 amide bonds. The van der Waals surface area contributed by atoms with Crippen molar-refractivity contribution in [1.82, 2.24) is 10.2 Å². The Balaban J connectivity index is 2.06. The van der Waals surface area contributed by atoms with Crippen LogP contribution in [-0.2, 0) is 32.6 Å². The van der Waals surface area contributed by atoms with Crippen LogP contribution in [0.15, 0.2) is 72.8 Å². The van der Waals surface area contributed by atoms with Gasteiger partial charge in [-0.2, -0.15) is 0 Å². The largest absolute Gasteiger partial charge is 0.354 e. The van der Waals surface area contributed by atoms with Gasteiger partial charge in [0.2, 0.25) is 21.8 Å². The van der Waals surface area contributed by atoms with Crippen LogP contribution in [0.4, 0.5) is 5.69 Å². The van der Waals surface area contributed by atoms with E-state index in [1.54, 1.807) is 24.3 Å². The fourth-order valence-corrected chi connectivity index (χ4v) is 5.77. The van der Waals surface area contributed by atoms with Gasteiger partial charge in [0, 0.05) is 29.6 Å². The molecule has 0 fully saturated rings. The number of carbonyl (C=O) groups is 2. The van der Waals surface area contributed by atoms with Gasteiger partial charge in [-0.25, -0.2) is 8.42 Å². The fourth-order valence-electron chi connectivity index (χ4n) is 4.15. The number of benzene rings is 3. The lowest BCUT2D eigenvalue weighted by molar-refractivity contribution is -0.140. The SMILES string of the molecule is CCCCNC(=O)[C@H](Cc1ccccc1)N(Cc1ccccc1Cl)C(=O)CN(c1ccc(Cl)cc1Cl)S(C)(=O)=O. The Bertz CT molecular complexity index is 1420. The molecule has 40 heavy (non-hydrogen) atoms. The Morgan fingerprint density at radius 2 is 1.60 bits per heavy atom. The highest BCUT2D eigenvalue weighted by molar-refractivity contribution is 7.92. The van der Waals surface area contributed by atoms with E-state index in [-0.39, 0.29) is 29.6 Å². The molecular formula is C29H32Cl3N3O4S. The number of rotatable bonds is 13. The number of sulfonamides is 1. The lowest BCUT2D eigenvalue weighted by atomic mass is 10.0. The van der Waals surface area contributed by atoms with Crippen LogP contribution < -0.4 is 9.62 Å². The zero-order valence-electron chi connectivity index (χ0n) is 22.3. The number of hydrogen-bond donors (Lipinski definition) is 1. The Hall–Kier alpha value is -2.78. The van der Waals surface area contributed by atoms with Gasteiger partial charge in [-0.1, -0.05) is 96.7 Å². The van der Waals surface area contributed by atoms with Crippen molar-refractivity contribution in [2.24, 2.45) is 0 Å². The van der Waals surface area contributed by atoms with Gasteiger partial charge in [-0.05, 0) is 41.8 Å². The molecule has 0 saturated carbocycles. The summed E-state index contributed by atoms with van der Waals surface area (Å²) in [5.41, 5.74) is 1.56. The minimum absolute atomic E-state index is 0.0108. The average molecular weight is 625 g/mol. The minimum Gasteiger partial charge on any atom is -0.354 e. The van der Waals surface area contributed by atoms with Gasteiger partial charge in [0.1, 0.15) is 12.6 Å². The van der Waals surface area contributed by atoms with Gasteiger partial charge < -0.3 is 10.2 Å². The number of nitrogens with one attached hydrogen (secondary N) is 1. The molecule has 0 saturated heterocycles. The molecule has 0 unspecified atom stereocenters. The summed E-state index contributed by atoms with van der Waals surface area (Å²) in [6.07, 6.45) is 2.87. The first-order valence-corrected chi connectivity index (χ1v) is 15.8. The van der Waals surface area contributed by atoms with E-state index in [1.165, 1.54) is 23.1 Å². The van der Waals surface area contributed by atoms with Crippen molar-refractivity contribution < 1.29 is 18.0 Å². The van der Waals surface area contributed by atoms with E-state index in [1.807, 2.05) is 37.3 Å². The molecule has 11 heteroatoms. The summed E-state index contributed by atoms with van der Waals surface area (Å²) in [5.74, 6) is -0.934. The number of halogens is 3. The molecular weight excluding hydrogens is 593 g/mol. The summed E-state index contributed by atoms with van der Waals surface area (Å²) in [6, 6.07) is 19.7. The Morgan fingerprint density at radius 1 is 0.925 bits per heavy atom. The molecule has 3 rings (SSSR count). The van der Waals surface area contributed by atoms with E-state index in [2.05, 4.69) is 5.32 Å². The molecule has 3 aromatic rings. The number of hydrogen-bond acceptors (Lipinski definition) is 4. The molecule has 0 aromatic heterocycles. The van der Waals surface area contributed by atoms with Crippen LogP contribution in [0, 0.1) is 0 Å². The van der Waals surface area contributed by atoms with E-state index in [4.69, 9.17) is 34.8 Å². The average Bonchev–Trinajstić information content (AvgIpc) is 2.90. The maximum absolute atomic E-state index is 14.1. The molecule has 214 valence electrons. The topological polar surface area (TPSA) is 86.8 Å². The summed E-state index contributed by atoms with van der Waals surface area (Å²) in [6.45, 7) is 1.87. The minimum atomic E-state index is -3.95. The molecule has 3 aromatic carbocycles. The monoisotopic (exact) mass is 623 g/mol.